The minimum Gasteiger partial charge on any atom is -0.478 e. The van der Waals surface area contributed by atoms with E-state index in [1.54, 1.807) is 12.1 Å². The monoisotopic (exact) mass is 276 g/mol. The van der Waals surface area contributed by atoms with E-state index in [2.05, 4.69) is 10.3 Å². The smallest absolute Gasteiger partial charge is 0.328 e. The zero-order chi connectivity index (χ0) is 14.5. The number of carbonyl (C=O) groups is 2. The number of aromatic nitrogens is 1. The molecule has 2 unspecified atom stereocenters. The van der Waals surface area contributed by atoms with Gasteiger partial charge in [-0.1, -0.05) is 0 Å². The predicted octanol–water partition coefficient (Wildman–Crippen LogP) is 1.54. The summed E-state index contributed by atoms with van der Waals surface area (Å²) in [5.74, 6) is -0.905. The van der Waals surface area contributed by atoms with Crippen LogP contribution in [0.15, 0.2) is 24.4 Å². The molecule has 6 nitrogen and oxygen atoms in total. The lowest BCUT2D eigenvalue weighted by Crippen LogP contribution is -2.23. The summed E-state index contributed by atoms with van der Waals surface area (Å²) in [5, 5.41) is 11.3. The Bertz CT molecular complexity index is 542. The van der Waals surface area contributed by atoms with E-state index in [1.807, 2.05) is 6.92 Å². The second-order valence-electron chi connectivity index (χ2n) is 4.71. The van der Waals surface area contributed by atoms with Crippen LogP contribution in [0, 0.1) is 5.92 Å². The Labute approximate surface area is 116 Å². The highest BCUT2D eigenvalue weighted by atomic mass is 16.5. The van der Waals surface area contributed by atoms with Crippen LogP contribution in [0.4, 0.5) is 5.82 Å². The third-order valence-corrected chi connectivity index (χ3v) is 3.02. The number of anilines is 1. The van der Waals surface area contributed by atoms with Crippen LogP contribution in [0.25, 0.3) is 6.08 Å². The first-order chi connectivity index (χ1) is 9.54. The van der Waals surface area contributed by atoms with Gasteiger partial charge in [-0.05, 0) is 37.1 Å². The summed E-state index contributed by atoms with van der Waals surface area (Å²) in [7, 11) is 0. The molecular weight excluding hydrogens is 260 g/mol. The largest absolute Gasteiger partial charge is 0.478 e. The molecule has 1 aliphatic rings. The molecule has 0 aromatic carbocycles. The first kappa shape index (κ1) is 14.2. The lowest BCUT2D eigenvalue weighted by molar-refractivity contribution is -0.131. The molecule has 0 spiro atoms. The van der Waals surface area contributed by atoms with Gasteiger partial charge in [-0.25, -0.2) is 9.78 Å². The van der Waals surface area contributed by atoms with Gasteiger partial charge < -0.3 is 15.2 Å². The summed E-state index contributed by atoms with van der Waals surface area (Å²) in [5.41, 5.74) is 0.661. The number of nitrogens with one attached hydrogen (secondary N) is 1. The number of amides is 1. The minimum atomic E-state index is -1.02. The molecule has 106 valence electrons. The molecule has 0 aliphatic carbocycles. The van der Waals surface area contributed by atoms with Crippen molar-refractivity contribution in [1.82, 2.24) is 4.98 Å². The van der Waals surface area contributed by atoms with Crippen LogP contribution >= 0.6 is 0 Å². The maximum Gasteiger partial charge on any atom is 0.328 e. The van der Waals surface area contributed by atoms with Gasteiger partial charge in [0, 0.05) is 12.3 Å². The molecule has 0 bridgehead atoms. The van der Waals surface area contributed by atoms with Crippen molar-refractivity contribution in [3.8, 4) is 0 Å². The van der Waals surface area contributed by atoms with Crippen molar-refractivity contribution in [1.29, 1.82) is 0 Å². The van der Waals surface area contributed by atoms with Gasteiger partial charge >= 0.3 is 5.97 Å². The minimum absolute atomic E-state index is 0.101. The standard InChI is InChI=1S/C14H16N2O4/c1-9-6-11(8-20-9)14(19)16-12-7-10(4-5-15-12)2-3-13(17)18/h2-5,7,9,11H,6,8H2,1H3,(H,17,18)(H,15,16,19)/b3-2+. The van der Waals surface area contributed by atoms with E-state index in [4.69, 9.17) is 9.84 Å². The molecule has 1 saturated heterocycles. The molecule has 1 fully saturated rings. The lowest BCUT2D eigenvalue weighted by atomic mass is 10.1. The number of hydrogen-bond donors (Lipinski definition) is 2. The van der Waals surface area contributed by atoms with Gasteiger partial charge in [0.05, 0.1) is 18.6 Å². The number of hydrogen-bond acceptors (Lipinski definition) is 4. The van der Waals surface area contributed by atoms with Gasteiger partial charge in [0.1, 0.15) is 5.82 Å². The lowest BCUT2D eigenvalue weighted by Gasteiger charge is -2.09. The molecule has 6 heteroatoms. The van der Waals surface area contributed by atoms with Gasteiger partial charge in [-0.3, -0.25) is 4.79 Å². The van der Waals surface area contributed by atoms with E-state index < -0.39 is 5.97 Å². The number of nitrogens with zero attached hydrogens (tertiary/aromatic N) is 1. The van der Waals surface area contributed by atoms with Gasteiger partial charge in [0.2, 0.25) is 5.91 Å². The zero-order valence-corrected chi connectivity index (χ0v) is 11.1. The number of pyridine rings is 1. The Morgan fingerprint density at radius 3 is 3.00 bits per heavy atom. The molecular formula is C14H16N2O4. The van der Waals surface area contributed by atoms with Crippen LogP contribution < -0.4 is 5.32 Å². The molecule has 2 N–H and O–H groups in total. The molecule has 1 amide bonds. The summed E-state index contributed by atoms with van der Waals surface area (Å²) < 4.78 is 5.36. The average Bonchev–Trinajstić information content (AvgIpc) is 2.84. The van der Waals surface area contributed by atoms with Crippen molar-refractivity contribution in [2.45, 2.75) is 19.4 Å². The normalized spacial score (nSPS) is 22.1. The van der Waals surface area contributed by atoms with Crippen molar-refractivity contribution in [2.75, 3.05) is 11.9 Å². The third kappa shape index (κ3) is 3.89. The SMILES string of the molecule is CC1CC(C(=O)Nc2cc(/C=C/C(=O)O)ccn2)CO1. The fraction of sp³-hybridized carbons (Fsp3) is 0.357. The molecule has 1 aliphatic heterocycles. The van der Waals surface area contributed by atoms with Crippen molar-refractivity contribution < 1.29 is 19.4 Å². The van der Waals surface area contributed by atoms with E-state index in [0.29, 0.717) is 24.4 Å². The van der Waals surface area contributed by atoms with Crippen LogP contribution in [0.5, 0.6) is 0 Å². The highest BCUT2D eigenvalue weighted by Crippen LogP contribution is 2.20. The zero-order valence-electron chi connectivity index (χ0n) is 11.1. The van der Waals surface area contributed by atoms with E-state index in [-0.39, 0.29) is 17.9 Å². The van der Waals surface area contributed by atoms with Crippen LogP contribution in [0.1, 0.15) is 18.9 Å². The number of rotatable bonds is 4. The summed E-state index contributed by atoms with van der Waals surface area (Å²) in [6.45, 7) is 2.36. The Balaban J connectivity index is 2.00. The van der Waals surface area contributed by atoms with Crippen molar-refractivity contribution in [3.63, 3.8) is 0 Å². The maximum atomic E-state index is 12.0. The number of aliphatic carboxylic acids is 1. The Morgan fingerprint density at radius 1 is 1.55 bits per heavy atom. The van der Waals surface area contributed by atoms with Gasteiger partial charge in [0.15, 0.2) is 0 Å². The van der Waals surface area contributed by atoms with Crippen LogP contribution in [-0.2, 0) is 14.3 Å². The molecule has 1 aromatic heterocycles. The van der Waals surface area contributed by atoms with E-state index >= 15 is 0 Å². The molecule has 0 radical (unpaired) electrons. The maximum absolute atomic E-state index is 12.0. The fourth-order valence-electron chi connectivity index (χ4n) is 2.01. The van der Waals surface area contributed by atoms with Crippen molar-refractivity contribution >= 4 is 23.8 Å². The molecule has 2 rings (SSSR count). The Hall–Kier alpha value is -2.21. The summed E-state index contributed by atoms with van der Waals surface area (Å²) in [6, 6.07) is 3.28. The molecule has 20 heavy (non-hydrogen) atoms. The van der Waals surface area contributed by atoms with Gasteiger partial charge in [-0.2, -0.15) is 0 Å². The number of ether oxygens (including phenoxy) is 1. The third-order valence-electron chi connectivity index (χ3n) is 3.02. The van der Waals surface area contributed by atoms with Crippen molar-refractivity contribution in [3.05, 3.63) is 30.0 Å². The second-order valence-corrected chi connectivity index (χ2v) is 4.71. The topological polar surface area (TPSA) is 88.5 Å². The Kier molecular flexibility index (Phi) is 4.47. The number of carboxylic acid groups (broad SMARTS) is 1. The van der Waals surface area contributed by atoms with Gasteiger partial charge in [-0.15, -0.1) is 0 Å². The van der Waals surface area contributed by atoms with Crippen LogP contribution in [0.3, 0.4) is 0 Å². The molecule has 2 heterocycles. The van der Waals surface area contributed by atoms with Crippen LogP contribution in [0.2, 0.25) is 0 Å². The molecule has 2 atom stereocenters. The molecule has 0 saturated carbocycles. The fourth-order valence-corrected chi connectivity index (χ4v) is 2.01. The number of carbonyl (C=O) groups excluding carboxylic acids is 1. The van der Waals surface area contributed by atoms with E-state index in [9.17, 15) is 9.59 Å². The summed E-state index contributed by atoms with van der Waals surface area (Å²) >= 11 is 0. The van der Waals surface area contributed by atoms with E-state index in [0.717, 1.165) is 6.08 Å². The predicted molar refractivity (Wildman–Crippen MR) is 73.1 cm³/mol. The highest BCUT2D eigenvalue weighted by molar-refractivity contribution is 5.92. The highest BCUT2D eigenvalue weighted by Gasteiger charge is 2.28. The first-order valence-corrected chi connectivity index (χ1v) is 6.34. The summed E-state index contributed by atoms with van der Waals surface area (Å²) in [4.78, 5) is 26.5. The van der Waals surface area contributed by atoms with Crippen molar-refractivity contribution in [2.24, 2.45) is 5.92 Å². The number of carboxylic acids is 1. The van der Waals surface area contributed by atoms with E-state index in [1.165, 1.54) is 12.3 Å². The van der Waals surface area contributed by atoms with Crippen LogP contribution in [-0.4, -0.2) is 34.7 Å². The quantitative estimate of drug-likeness (QED) is 0.814. The van der Waals surface area contributed by atoms with Gasteiger partial charge in [0.25, 0.3) is 0 Å². The first-order valence-electron chi connectivity index (χ1n) is 6.34. The Morgan fingerprint density at radius 2 is 2.35 bits per heavy atom. The summed E-state index contributed by atoms with van der Waals surface area (Å²) in [6.07, 6.45) is 4.80. The average molecular weight is 276 g/mol. The molecule has 1 aromatic rings. The second kappa shape index (κ2) is 6.29.